The van der Waals surface area contributed by atoms with Crippen molar-refractivity contribution in [1.82, 2.24) is 0 Å². The molecule has 0 spiro atoms. The number of hydrogen-bond acceptors (Lipinski definition) is 1. The lowest BCUT2D eigenvalue weighted by Gasteiger charge is -1.72. The van der Waals surface area contributed by atoms with Crippen LogP contribution in [0.2, 0.25) is 0 Å². The Morgan fingerprint density at radius 3 is 2.83 bits per heavy atom. The molecule has 0 aromatic rings. The van der Waals surface area contributed by atoms with Gasteiger partial charge in [0, 0.05) is 4.91 Å². The van der Waals surface area contributed by atoms with E-state index in [1.165, 1.54) is 0 Å². The summed E-state index contributed by atoms with van der Waals surface area (Å²) in [6.45, 7) is 1.98. The summed E-state index contributed by atoms with van der Waals surface area (Å²) in [5.74, 6) is 0. The first-order valence-corrected chi connectivity index (χ1v) is 2.84. The number of rotatable bonds is 2. The van der Waals surface area contributed by atoms with Crippen LogP contribution < -0.4 is 0 Å². The monoisotopic (exact) mass is 103 g/mol. The van der Waals surface area contributed by atoms with Gasteiger partial charge in [-0.2, -0.15) is 0 Å². The molecule has 0 radical (unpaired) electrons. The number of nitrogens with zero attached hydrogens (tertiary/aromatic N) is 3. The van der Waals surface area contributed by atoms with Crippen molar-refractivity contribution < 1.29 is 0 Å². The number of hydrogen-bond donors (Lipinski definition) is 0. The molecule has 6 heavy (non-hydrogen) atoms. The van der Waals surface area contributed by atoms with E-state index in [2.05, 4.69) is 9.80 Å². The highest BCUT2D eigenvalue weighted by Gasteiger charge is 1.64. The van der Waals surface area contributed by atoms with Gasteiger partial charge in [-0.05, 0) is 20.4 Å². The fourth-order valence-corrected chi connectivity index (χ4v) is 0.307. The van der Waals surface area contributed by atoms with Gasteiger partial charge in [0.2, 0.25) is 0 Å². The molecule has 0 rings (SSSR count). The molecule has 1 atom stereocenters. The lowest BCUT2D eigenvalue weighted by Crippen LogP contribution is -1.46. The smallest absolute Gasteiger partial charge is 0.00446 e. The molecule has 0 amide bonds. The van der Waals surface area contributed by atoms with E-state index >= 15 is 0 Å². The zero-order valence-corrected chi connectivity index (χ0v) is 4.55. The normalized spacial score (nSPS) is 8.83. The number of azide groups is 1. The summed E-state index contributed by atoms with van der Waals surface area (Å²) in [7, 11) is 0.423. The van der Waals surface area contributed by atoms with E-state index < -0.39 is 0 Å². The quantitative estimate of drug-likeness (QED) is 0.222. The maximum absolute atomic E-state index is 7.66. The van der Waals surface area contributed by atoms with Gasteiger partial charge >= 0.3 is 0 Å². The van der Waals surface area contributed by atoms with E-state index in [1.807, 2.05) is 6.92 Å². The van der Waals surface area contributed by atoms with Crippen molar-refractivity contribution in [3.8, 4) is 0 Å². The van der Waals surface area contributed by atoms with Gasteiger partial charge in [0.1, 0.15) is 0 Å². The molecule has 34 valence electrons. The van der Waals surface area contributed by atoms with Crippen LogP contribution in [0, 0.1) is 0 Å². The van der Waals surface area contributed by atoms with Gasteiger partial charge in [-0.25, -0.2) is 0 Å². The lowest BCUT2D eigenvalue weighted by atomic mass is 11.0. The van der Waals surface area contributed by atoms with Crippen LogP contribution >= 0.6 is 8.73 Å². The van der Waals surface area contributed by atoms with Crippen LogP contribution in [-0.4, -0.2) is 6.16 Å². The van der Waals surface area contributed by atoms with Gasteiger partial charge in [-0.1, -0.05) is 11.8 Å². The standard InChI is InChI=1S/C2H6N3P/c1-2-6-5-4-3/h6H,2H2,1H3. The molecule has 0 aliphatic carbocycles. The topological polar surface area (TPSA) is 48.8 Å². The van der Waals surface area contributed by atoms with Crippen LogP contribution in [0.4, 0.5) is 0 Å². The molecule has 1 unspecified atom stereocenters. The zero-order chi connectivity index (χ0) is 4.83. The Hall–Kier alpha value is -0.260. The Morgan fingerprint density at radius 2 is 2.67 bits per heavy atom. The minimum Gasteiger partial charge on any atom is -0.0759 e. The molecule has 0 bridgehead atoms. The second-order valence-electron chi connectivity index (χ2n) is 0.701. The summed E-state index contributed by atoms with van der Waals surface area (Å²) in [6, 6.07) is 0. The van der Waals surface area contributed by atoms with E-state index in [0.717, 1.165) is 6.16 Å². The average molecular weight is 103 g/mol. The SMILES string of the molecule is CCPN=[N+]=[N-]. The molecular formula is C2H6N3P. The molecule has 0 saturated carbocycles. The first-order chi connectivity index (χ1) is 2.91. The van der Waals surface area contributed by atoms with Crippen LogP contribution in [0.1, 0.15) is 6.92 Å². The van der Waals surface area contributed by atoms with Gasteiger partial charge in [0.05, 0.1) is 0 Å². The minimum atomic E-state index is 0.423. The van der Waals surface area contributed by atoms with E-state index in [-0.39, 0.29) is 0 Å². The molecule has 0 aliphatic heterocycles. The molecule has 0 N–H and O–H groups in total. The molecule has 0 saturated heterocycles. The van der Waals surface area contributed by atoms with Crippen molar-refractivity contribution in [3.05, 3.63) is 10.4 Å². The summed E-state index contributed by atoms with van der Waals surface area (Å²) in [6.07, 6.45) is 0.962. The van der Waals surface area contributed by atoms with Gasteiger partial charge in [0.25, 0.3) is 0 Å². The Balaban J connectivity index is 2.86. The van der Waals surface area contributed by atoms with Crippen LogP contribution in [0.5, 0.6) is 0 Å². The van der Waals surface area contributed by atoms with Crippen LogP contribution in [-0.2, 0) is 0 Å². The minimum absolute atomic E-state index is 0.423. The van der Waals surface area contributed by atoms with Crippen molar-refractivity contribution in [1.29, 1.82) is 0 Å². The Kier molecular flexibility index (Phi) is 4.53. The van der Waals surface area contributed by atoms with Crippen molar-refractivity contribution >= 4 is 8.73 Å². The van der Waals surface area contributed by atoms with E-state index in [0.29, 0.717) is 8.73 Å². The Bertz CT molecular complexity index is 65.2. The van der Waals surface area contributed by atoms with Crippen molar-refractivity contribution in [2.24, 2.45) is 4.88 Å². The van der Waals surface area contributed by atoms with Crippen molar-refractivity contribution in [3.63, 3.8) is 0 Å². The summed E-state index contributed by atoms with van der Waals surface area (Å²) in [5, 5.41) is 0. The van der Waals surface area contributed by atoms with Gasteiger partial charge in [0.15, 0.2) is 0 Å². The fourth-order valence-electron chi connectivity index (χ4n) is 0.102. The first-order valence-electron chi connectivity index (χ1n) is 1.68. The molecule has 4 heteroatoms. The van der Waals surface area contributed by atoms with Gasteiger partial charge in [-0.15, -0.1) is 0 Å². The second-order valence-corrected chi connectivity index (χ2v) is 1.92. The van der Waals surface area contributed by atoms with Crippen LogP contribution in [0.15, 0.2) is 4.88 Å². The molecule has 0 aliphatic rings. The maximum atomic E-state index is 7.66. The third kappa shape index (κ3) is 3.74. The second kappa shape index (κ2) is 4.74. The summed E-state index contributed by atoms with van der Waals surface area (Å²) in [5.41, 5.74) is 7.66. The predicted molar refractivity (Wildman–Crippen MR) is 28.0 cm³/mol. The maximum Gasteiger partial charge on any atom is 0.00446 e. The third-order valence-electron chi connectivity index (χ3n) is 0.274. The molecule has 0 aromatic carbocycles. The van der Waals surface area contributed by atoms with Crippen LogP contribution in [0.3, 0.4) is 0 Å². The Labute approximate surface area is 38.2 Å². The summed E-state index contributed by atoms with van der Waals surface area (Å²) in [4.78, 5) is 5.86. The molecule has 0 aromatic heterocycles. The largest absolute Gasteiger partial charge is 0.0759 e. The van der Waals surface area contributed by atoms with Crippen LogP contribution in [0.25, 0.3) is 10.4 Å². The highest BCUT2D eigenvalue weighted by molar-refractivity contribution is 7.36. The molecule has 0 fully saturated rings. The summed E-state index contributed by atoms with van der Waals surface area (Å²) < 4.78 is 0. The van der Waals surface area contributed by atoms with E-state index in [9.17, 15) is 0 Å². The zero-order valence-electron chi connectivity index (χ0n) is 3.55. The fraction of sp³-hybridized carbons (Fsp3) is 1.00. The third-order valence-corrected chi connectivity index (χ3v) is 0.821. The van der Waals surface area contributed by atoms with Gasteiger partial charge < -0.3 is 0 Å². The molecule has 3 nitrogen and oxygen atoms in total. The lowest BCUT2D eigenvalue weighted by molar-refractivity contribution is 1.50. The first kappa shape index (κ1) is 5.74. The van der Waals surface area contributed by atoms with E-state index in [1.54, 1.807) is 0 Å². The average Bonchev–Trinajstić information content (AvgIpc) is 1.61. The molecular weight excluding hydrogens is 97.0 g/mol. The van der Waals surface area contributed by atoms with Gasteiger partial charge in [-0.3, -0.25) is 0 Å². The summed E-state index contributed by atoms with van der Waals surface area (Å²) >= 11 is 0. The molecule has 0 heterocycles. The van der Waals surface area contributed by atoms with Crippen molar-refractivity contribution in [2.45, 2.75) is 6.92 Å². The van der Waals surface area contributed by atoms with E-state index in [4.69, 9.17) is 5.53 Å². The predicted octanol–water partition coefficient (Wildman–Crippen LogP) is 1.91. The highest BCUT2D eigenvalue weighted by Crippen LogP contribution is 2.07. The Morgan fingerprint density at radius 1 is 2.00 bits per heavy atom. The van der Waals surface area contributed by atoms with Crippen molar-refractivity contribution in [2.75, 3.05) is 6.16 Å². The highest BCUT2D eigenvalue weighted by atomic mass is 31.1.